The third kappa shape index (κ3) is 5.04. The molecule has 0 radical (unpaired) electrons. The number of hydrogen-bond acceptors (Lipinski definition) is 0. The molecule has 0 nitrogen and oxygen atoms in total. The first kappa shape index (κ1) is 28.8. The molecular formula is C32H40Cl2Zr. The molecule has 0 amide bonds. The Hall–Kier alpha value is -0.747. The number of halogens is 2. The first-order valence-corrected chi connectivity index (χ1v) is 16.7. The topological polar surface area (TPSA) is 0 Å². The summed E-state index contributed by atoms with van der Waals surface area (Å²) in [5.74, 6) is 0. The van der Waals surface area contributed by atoms with Crippen LogP contribution in [0.1, 0.15) is 104 Å². The van der Waals surface area contributed by atoms with Crippen molar-refractivity contribution < 1.29 is 46.1 Å². The summed E-state index contributed by atoms with van der Waals surface area (Å²) >= 11 is -2.01. The van der Waals surface area contributed by atoms with Crippen molar-refractivity contribution in [3.05, 3.63) is 79.2 Å². The van der Waals surface area contributed by atoms with Crippen LogP contribution in [0, 0.1) is 13.8 Å². The zero-order chi connectivity index (χ0) is 23.7. The summed E-state index contributed by atoms with van der Waals surface area (Å²) in [6, 6.07) is 10.4. The predicted octanol–water partition coefficient (Wildman–Crippen LogP) is 2.79. The molecule has 1 fully saturated rings. The second-order valence-corrected chi connectivity index (χ2v) is 19.4. The third-order valence-electron chi connectivity index (χ3n) is 8.07. The minimum atomic E-state index is -2.01. The fourth-order valence-electron chi connectivity index (χ4n) is 6.39. The Labute approximate surface area is 233 Å². The van der Waals surface area contributed by atoms with E-state index in [2.05, 4.69) is 97.9 Å². The average Bonchev–Trinajstić information content (AvgIpc) is 3.28. The molecule has 0 saturated heterocycles. The van der Waals surface area contributed by atoms with Gasteiger partial charge in [-0.15, -0.1) is 0 Å². The Morgan fingerprint density at radius 1 is 0.743 bits per heavy atom. The molecular weight excluding hydrogens is 546 g/mol. The van der Waals surface area contributed by atoms with Crippen molar-refractivity contribution in [2.45, 2.75) is 95.5 Å². The molecule has 0 N–H and O–H groups in total. The largest absolute Gasteiger partial charge is 1.00 e. The maximum atomic E-state index is 2.61. The van der Waals surface area contributed by atoms with E-state index < -0.39 is 21.3 Å². The molecule has 5 rings (SSSR count). The quantitative estimate of drug-likeness (QED) is 0.508. The van der Waals surface area contributed by atoms with Gasteiger partial charge in [0.2, 0.25) is 0 Å². The number of hydrogen-bond donors (Lipinski definition) is 0. The maximum Gasteiger partial charge on any atom is -1.00 e. The van der Waals surface area contributed by atoms with Gasteiger partial charge in [0, 0.05) is 0 Å². The van der Waals surface area contributed by atoms with Crippen molar-refractivity contribution in [1.29, 1.82) is 0 Å². The van der Waals surface area contributed by atoms with Crippen molar-refractivity contribution >= 4 is 3.21 Å². The van der Waals surface area contributed by atoms with Crippen LogP contribution in [0.15, 0.2) is 45.8 Å². The Kier molecular flexibility index (Phi) is 8.39. The molecule has 3 aliphatic carbocycles. The van der Waals surface area contributed by atoms with E-state index in [-0.39, 0.29) is 35.6 Å². The summed E-state index contributed by atoms with van der Waals surface area (Å²) in [5.41, 5.74) is 12.7. The normalized spacial score (nSPS) is 16.4. The SMILES string of the molecule is Cc1cc2c(cc1C(C)(C)C)-c1cc(C(C)(C)C)c(C)cc1[CH]2[Zr+2]([C]1=CC=CC1)=[C]1CCC1.[Cl-].[Cl-]. The van der Waals surface area contributed by atoms with Gasteiger partial charge in [0.05, 0.1) is 0 Å². The number of benzene rings is 2. The van der Waals surface area contributed by atoms with Crippen LogP contribution in [0.4, 0.5) is 0 Å². The summed E-state index contributed by atoms with van der Waals surface area (Å²) < 4.78 is 4.46. The van der Waals surface area contributed by atoms with Gasteiger partial charge in [-0.25, -0.2) is 0 Å². The fourth-order valence-corrected chi connectivity index (χ4v) is 15.8. The Bertz CT molecular complexity index is 1170. The van der Waals surface area contributed by atoms with Crippen molar-refractivity contribution in [1.82, 2.24) is 0 Å². The van der Waals surface area contributed by atoms with Crippen LogP contribution in [0.5, 0.6) is 0 Å². The molecule has 0 heterocycles. The van der Waals surface area contributed by atoms with Gasteiger partial charge in [-0.2, -0.15) is 0 Å². The van der Waals surface area contributed by atoms with Crippen molar-refractivity contribution in [2.24, 2.45) is 0 Å². The molecule has 186 valence electrons. The van der Waals surface area contributed by atoms with E-state index >= 15 is 0 Å². The van der Waals surface area contributed by atoms with E-state index in [1.807, 2.05) is 6.49 Å². The van der Waals surface area contributed by atoms with E-state index in [4.69, 9.17) is 0 Å². The summed E-state index contributed by atoms with van der Waals surface area (Å²) in [6.45, 7) is 18.9. The minimum absolute atomic E-state index is 0. The van der Waals surface area contributed by atoms with Crippen LogP contribution in [0.25, 0.3) is 11.1 Å². The molecule has 3 aliphatic rings. The van der Waals surface area contributed by atoms with Crippen LogP contribution in [-0.2, 0) is 32.1 Å². The Balaban J connectivity index is 0.00000171. The first-order valence-electron chi connectivity index (χ1n) is 12.8. The number of aryl methyl sites for hydroxylation is 2. The van der Waals surface area contributed by atoms with Crippen LogP contribution >= 0.6 is 0 Å². The monoisotopic (exact) mass is 584 g/mol. The molecule has 0 unspecified atom stereocenters. The molecule has 0 aromatic heterocycles. The van der Waals surface area contributed by atoms with Gasteiger partial charge in [-0.3, -0.25) is 0 Å². The average molecular weight is 587 g/mol. The molecule has 2 aromatic carbocycles. The minimum Gasteiger partial charge on any atom is -1.00 e. The first-order chi connectivity index (χ1) is 15.5. The van der Waals surface area contributed by atoms with Crippen LogP contribution in [0.3, 0.4) is 0 Å². The van der Waals surface area contributed by atoms with E-state index in [0.717, 1.165) is 0 Å². The molecule has 0 aliphatic heterocycles. The van der Waals surface area contributed by atoms with Gasteiger partial charge in [0.25, 0.3) is 0 Å². The van der Waals surface area contributed by atoms with Gasteiger partial charge in [0.1, 0.15) is 0 Å². The Morgan fingerprint density at radius 3 is 1.57 bits per heavy atom. The number of rotatable bonds is 2. The van der Waals surface area contributed by atoms with E-state index in [1.54, 1.807) is 22.3 Å². The maximum absolute atomic E-state index is 2.61. The standard InChI is InChI=1S/C23H29.C5H5.C4H6.2ClH.Zr/c1-14-9-16-11-17-10-15(2)21(23(6,7)8)13-19(17)18(16)12-20(14)22(3,4)5;1-2-4-5-3-1;1-2-4-3-1;;;/h9-13H,1-8H3;1-3H,4H2;1-3H2;2*1H;/q;;;;;+2/p-2. The second kappa shape index (κ2) is 10.2. The predicted molar refractivity (Wildman–Crippen MR) is 141 cm³/mol. The smallest absolute Gasteiger partial charge is 1.00 e. The summed E-state index contributed by atoms with van der Waals surface area (Å²) in [6.07, 6.45) is 12.6. The molecule has 2 aromatic rings. The van der Waals surface area contributed by atoms with Crippen molar-refractivity contribution in [3.63, 3.8) is 0 Å². The fraction of sp³-hybridized carbons (Fsp3) is 0.469. The van der Waals surface area contributed by atoms with Crippen LogP contribution in [0.2, 0.25) is 0 Å². The second-order valence-electron chi connectivity index (χ2n) is 12.6. The number of fused-ring (bicyclic) bond motifs is 3. The molecule has 35 heavy (non-hydrogen) atoms. The van der Waals surface area contributed by atoms with Crippen LogP contribution in [-0.4, -0.2) is 3.21 Å². The number of allylic oxidation sites excluding steroid dienone is 4. The van der Waals surface area contributed by atoms with Crippen molar-refractivity contribution in [3.8, 4) is 11.1 Å². The van der Waals surface area contributed by atoms with Gasteiger partial charge < -0.3 is 24.8 Å². The van der Waals surface area contributed by atoms with E-state index in [9.17, 15) is 0 Å². The molecule has 0 spiro atoms. The van der Waals surface area contributed by atoms with Crippen molar-refractivity contribution in [2.75, 3.05) is 0 Å². The van der Waals surface area contributed by atoms with Gasteiger partial charge >= 0.3 is 210 Å². The molecule has 0 bridgehead atoms. The molecule has 1 saturated carbocycles. The zero-order valence-electron chi connectivity index (χ0n) is 22.7. The molecule has 3 heteroatoms. The van der Waals surface area contributed by atoms with Gasteiger partial charge in [0.15, 0.2) is 0 Å². The van der Waals surface area contributed by atoms with Gasteiger partial charge in [-0.05, 0) is 0 Å². The van der Waals surface area contributed by atoms with Gasteiger partial charge in [-0.1, -0.05) is 0 Å². The van der Waals surface area contributed by atoms with E-state index in [1.165, 1.54) is 47.9 Å². The summed E-state index contributed by atoms with van der Waals surface area (Å²) in [5, 5.41) is 0. The molecule has 0 atom stereocenters. The third-order valence-corrected chi connectivity index (χ3v) is 16.7. The Morgan fingerprint density at radius 2 is 1.23 bits per heavy atom. The zero-order valence-corrected chi connectivity index (χ0v) is 26.7. The summed E-state index contributed by atoms with van der Waals surface area (Å²) in [7, 11) is 0. The summed E-state index contributed by atoms with van der Waals surface area (Å²) in [4.78, 5) is 0. The van der Waals surface area contributed by atoms with E-state index in [0.29, 0.717) is 3.63 Å². The van der Waals surface area contributed by atoms with Crippen LogP contribution < -0.4 is 24.8 Å².